The first-order valence-electron chi connectivity index (χ1n) is 7.15. The van der Waals surface area contributed by atoms with Gasteiger partial charge in [0.15, 0.2) is 0 Å². The minimum absolute atomic E-state index is 0.0455. The van der Waals surface area contributed by atoms with Gasteiger partial charge in [0.05, 0.1) is 20.8 Å². The summed E-state index contributed by atoms with van der Waals surface area (Å²) >= 11 is 1.28. The molecule has 1 aromatic heterocycles. The first kappa shape index (κ1) is 14.4. The standard InChI is InChI=1S/C17H10N4O2S/c22-21(23)12-7-9-15-16(10-12)24-17(18-15)20-19-14-8-6-11-4-2-1-3-5-13(11)14/h1-10H. The van der Waals surface area contributed by atoms with Crippen LogP contribution < -0.4 is 0 Å². The van der Waals surface area contributed by atoms with Crippen LogP contribution in [0.25, 0.3) is 21.3 Å². The van der Waals surface area contributed by atoms with Crippen molar-refractivity contribution >= 4 is 38.1 Å². The van der Waals surface area contributed by atoms with Crippen LogP contribution in [0.4, 0.5) is 16.5 Å². The van der Waals surface area contributed by atoms with E-state index in [-0.39, 0.29) is 5.69 Å². The van der Waals surface area contributed by atoms with Crippen LogP contribution in [0.1, 0.15) is 0 Å². The van der Waals surface area contributed by atoms with Gasteiger partial charge in [-0.15, -0.1) is 10.2 Å². The van der Waals surface area contributed by atoms with E-state index in [1.807, 2.05) is 42.5 Å². The summed E-state index contributed by atoms with van der Waals surface area (Å²) in [4.78, 5) is 14.8. The second kappa shape index (κ2) is 5.78. The molecule has 7 heteroatoms. The summed E-state index contributed by atoms with van der Waals surface area (Å²) in [6.45, 7) is 0. The Morgan fingerprint density at radius 1 is 1.00 bits per heavy atom. The van der Waals surface area contributed by atoms with Gasteiger partial charge in [-0.2, -0.15) is 0 Å². The Balaban J connectivity index is 1.68. The number of aromatic nitrogens is 1. The smallest absolute Gasteiger partial charge is 0.258 e. The molecule has 0 aliphatic heterocycles. The van der Waals surface area contributed by atoms with Gasteiger partial charge in [-0.3, -0.25) is 10.1 Å². The SMILES string of the molecule is O=[N+]([O-])c1ccc2nc(N=Nc3ccc4cccccc3-4)sc2c1. The van der Waals surface area contributed by atoms with Gasteiger partial charge in [-0.25, -0.2) is 4.98 Å². The van der Waals surface area contributed by atoms with Crippen LogP contribution in [0.5, 0.6) is 0 Å². The first-order chi connectivity index (χ1) is 11.7. The second-order valence-electron chi connectivity index (χ2n) is 5.10. The summed E-state index contributed by atoms with van der Waals surface area (Å²) in [5.74, 6) is 0. The van der Waals surface area contributed by atoms with Crippen molar-refractivity contribution in [2.24, 2.45) is 10.2 Å². The molecule has 0 N–H and O–H groups in total. The Kier molecular flexibility index (Phi) is 3.47. The summed E-state index contributed by atoms with van der Waals surface area (Å²) < 4.78 is 0.719. The van der Waals surface area contributed by atoms with E-state index in [9.17, 15) is 10.1 Å². The zero-order valence-electron chi connectivity index (χ0n) is 12.3. The van der Waals surface area contributed by atoms with Crippen molar-refractivity contribution in [2.75, 3.05) is 0 Å². The number of rotatable bonds is 3. The molecule has 0 saturated carbocycles. The number of thiazole rings is 1. The van der Waals surface area contributed by atoms with E-state index in [2.05, 4.69) is 15.2 Å². The largest absolute Gasteiger partial charge is 0.270 e. The van der Waals surface area contributed by atoms with Crippen LogP contribution in [-0.2, 0) is 0 Å². The summed E-state index contributed by atoms with van der Waals surface area (Å²) in [7, 11) is 0. The molecule has 2 aromatic rings. The van der Waals surface area contributed by atoms with Crippen LogP contribution in [0.3, 0.4) is 0 Å². The average molecular weight is 334 g/mol. The maximum atomic E-state index is 10.8. The van der Waals surface area contributed by atoms with Crippen molar-refractivity contribution in [1.29, 1.82) is 0 Å². The van der Waals surface area contributed by atoms with Gasteiger partial charge in [0.25, 0.3) is 5.69 Å². The lowest BCUT2D eigenvalue weighted by Gasteiger charge is -1.92. The zero-order chi connectivity index (χ0) is 16.5. The van der Waals surface area contributed by atoms with E-state index < -0.39 is 4.92 Å². The third kappa shape index (κ3) is 2.61. The zero-order valence-corrected chi connectivity index (χ0v) is 13.1. The molecular formula is C17H10N4O2S. The van der Waals surface area contributed by atoms with Gasteiger partial charge in [0.1, 0.15) is 0 Å². The number of benzene rings is 1. The molecule has 0 bridgehead atoms. The van der Waals surface area contributed by atoms with Crippen LogP contribution >= 0.6 is 11.3 Å². The van der Waals surface area contributed by atoms with Gasteiger partial charge in [0, 0.05) is 17.7 Å². The third-order valence-corrected chi connectivity index (χ3v) is 4.49. The number of fused-ring (bicyclic) bond motifs is 2. The Labute approximate surface area is 140 Å². The normalized spacial score (nSPS) is 11.5. The van der Waals surface area contributed by atoms with E-state index in [1.54, 1.807) is 6.07 Å². The van der Waals surface area contributed by atoms with E-state index in [0.29, 0.717) is 10.6 Å². The molecule has 0 unspecified atom stereocenters. The van der Waals surface area contributed by atoms with E-state index in [4.69, 9.17) is 0 Å². The Hall–Kier alpha value is -3.19. The van der Waals surface area contributed by atoms with Crippen molar-refractivity contribution in [3.8, 4) is 11.1 Å². The van der Waals surface area contributed by atoms with E-state index in [1.165, 1.54) is 23.5 Å². The third-order valence-electron chi connectivity index (χ3n) is 3.58. The Morgan fingerprint density at radius 3 is 2.75 bits per heavy atom. The highest BCUT2D eigenvalue weighted by molar-refractivity contribution is 7.21. The minimum Gasteiger partial charge on any atom is -0.258 e. The van der Waals surface area contributed by atoms with Gasteiger partial charge < -0.3 is 0 Å². The molecule has 0 saturated heterocycles. The molecule has 0 amide bonds. The molecule has 1 aromatic carbocycles. The molecule has 0 atom stereocenters. The lowest BCUT2D eigenvalue weighted by molar-refractivity contribution is -0.384. The number of non-ortho nitro benzene ring substituents is 1. The summed E-state index contributed by atoms with van der Waals surface area (Å²) in [6.07, 6.45) is 0. The van der Waals surface area contributed by atoms with Crippen LogP contribution in [0, 0.1) is 10.1 Å². The Morgan fingerprint density at radius 2 is 1.88 bits per heavy atom. The van der Waals surface area contributed by atoms with Gasteiger partial charge >= 0.3 is 0 Å². The maximum Gasteiger partial charge on any atom is 0.270 e. The number of nitro groups is 1. The lowest BCUT2D eigenvalue weighted by Crippen LogP contribution is -1.85. The average Bonchev–Trinajstić information content (AvgIpc) is 3.08. The number of nitrogens with zero attached hydrogens (tertiary/aromatic N) is 4. The van der Waals surface area contributed by atoms with Gasteiger partial charge in [-0.1, -0.05) is 47.7 Å². The molecular weight excluding hydrogens is 324 g/mol. The number of azo groups is 1. The quantitative estimate of drug-likeness (QED) is 0.273. The topological polar surface area (TPSA) is 80.8 Å². The highest BCUT2D eigenvalue weighted by atomic mass is 32.1. The summed E-state index contributed by atoms with van der Waals surface area (Å²) in [5.41, 5.74) is 3.60. The predicted molar refractivity (Wildman–Crippen MR) is 93.5 cm³/mol. The molecule has 0 fully saturated rings. The number of hydrogen-bond donors (Lipinski definition) is 0. The second-order valence-corrected chi connectivity index (χ2v) is 6.11. The molecule has 0 spiro atoms. The van der Waals surface area contributed by atoms with Crippen LogP contribution in [0.2, 0.25) is 0 Å². The minimum atomic E-state index is -0.420. The van der Waals surface area contributed by atoms with Crippen molar-refractivity contribution in [2.45, 2.75) is 0 Å². The lowest BCUT2D eigenvalue weighted by atomic mass is 10.2. The van der Waals surface area contributed by atoms with Crippen LogP contribution in [-0.4, -0.2) is 9.91 Å². The van der Waals surface area contributed by atoms with E-state index >= 15 is 0 Å². The monoisotopic (exact) mass is 334 g/mol. The van der Waals surface area contributed by atoms with Crippen molar-refractivity contribution in [1.82, 2.24) is 4.98 Å². The molecule has 0 radical (unpaired) electrons. The number of hydrogen-bond acceptors (Lipinski definition) is 6. The molecule has 24 heavy (non-hydrogen) atoms. The first-order valence-corrected chi connectivity index (χ1v) is 7.97. The van der Waals surface area contributed by atoms with E-state index in [0.717, 1.165) is 21.5 Å². The van der Waals surface area contributed by atoms with Crippen molar-refractivity contribution in [3.63, 3.8) is 0 Å². The molecule has 6 nitrogen and oxygen atoms in total. The Bertz CT molecular complexity index is 1060. The summed E-state index contributed by atoms with van der Waals surface area (Å²) in [6, 6.07) is 18.4. The molecule has 1 heterocycles. The summed E-state index contributed by atoms with van der Waals surface area (Å²) in [5, 5.41) is 19.8. The van der Waals surface area contributed by atoms with Crippen molar-refractivity contribution in [3.05, 3.63) is 70.8 Å². The fourth-order valence-corrected chi connectivity index (χ4v) is 3.26. The van der Waals surface area contributed by atoms with Crippen molar-refractivity contribution < 1.29 is 4.92 Å². The number of nitro benzene ring substituents is 1. The fraction of sp³-hybridized carbons (Fsp3) is 0. The highest BCUT2D eigenvalue weighted by Crippen LogP contribution is 2.36. The maximum absolute atomic E-state index is 10.8. The fourth-order valence-electron chi connectivity index (χ4n) is 2.44. The predicted octanol–water partition coefficient (Wildman–Crippen LogP) is 5.72. The van der Waals surface area contributed by atoms with Gasteiger partial charge in [-0.05, 0) is 17.7 Å². The molecule has 2 aliphatic rings. The molecule has 2 aliphatic carbocycles. The molecule has 4 rings (SSSR count). The highest BCUT2D eigenvalue weighted by Gasteiger charge is 2.11. The van der Waals surface area contributed by atoms with Crippen LogP contribution in [0.15, 0.2) is 70.9 Å². The van der Waals surface area contributed by atoms with Gasteiger partial charge in [0.2, 0.25) is 5.13 Å². The molecule has 116 valence electrons.